The summed E-state index contributed by atoms with van der Waals surface area (Å²) in [6.07, 6.45) is 3.35. The van der Waals surface area contributed by atoms with E-state index in [1.165, 1.54) is 22.3 Å². The number of hydrogen-bond donors (Lipinski definition) is 6. The second-order valence-corrected chi connectivity index (χ2v) is 20.3. The predicted molar refractivity (Wildman–Crippen MR) is 334 cm³/mol. The molecule has 0 radical (unpaired) electrons. The summed E-state index contributed by atoms with van der Waals surface area (Å²) < 4.78 is 23.7. The maximum Gasteiger partial charge on any atom is 0.328 e. The van der Waals surface area contributed by atoms with Gasteiger partial charge in [-0.15, -0.1) is 0 Å². The minimum Gasteiger partial charge on any atom is -0.506 e. The molecule has 2 amide bonds. The first-order valence-electron chi connectivity index (χ1n) is 28.1. The number of phenols is 2. The summed E-state index contributed by atoms with van der Waals surface area (Å²) in [5.74, 6) is -0.800. The molecule has 6 N–H and O–H groups in total. The van der Waals surface area contributed by atoms with E-state index in [0.717, 1.165) is 59.7 Å². The number of carboxylic acids is 2. The molecule has 16 nitrogen and oxygen atoms in total. The lowest BCUT2D eigenvalue weighted by Gasteiger charge is -2.33. The average molecular weight is 1170 g/mol. The minimum atomic E-state index is -1.26. The molecule has 0 saturated carbocycles. The van der Waals surface area contributed by atoms with Gasteiger partial charge in [-0.25, -0.2) is 9.59 Å². The van der Waals surface area contributed by atoms with Crippen LogP contribution in [0.25, 0.3) is 0 Å². The normalized spacial score (nSPS) is 12.3. The number of benzene rings is 8. The second kappa shape index (κ2) is 35.5. The molecule has 0 aromatic heterocycles. The van der Waals surface area contributed by atoms with Gasteiger partial charge in [-0.05, 0) is 120 Å². The fraction of sp³-hybridized carbons (Fsp3) is 0.229. The van der Waals surface area contributed by atoms with Crippen LogP contribution < -0.4 is 20.1 Å². The van der Waals surface area contributed by atoms with E-state index in [1.807, 2.05) is 109 Å². The number of nitrogens with zero attached hydrogens (tertiary/aromatic N) is 2. The second-order valence-electron chi connectivity index (χ2n) is 20.3. The van der Waals surface area contributed by atoms with Crippen molar-refractivity contribution in [2.24, 2.45) is 0 Å². The van der Waals surface area contributed by atoms with Crippen molar-refractivity contribution in [2.45, 2.75) is 77.3 Å². The van der Waals surface area contributed by atoms with Gasteiger partial charge in [0.2, 0.25) is 12.8 Å². The van der Waals surface area contributed by atoms with E-state index in [9.17, 15) is 29.4 Å². The molecule has 0 spiro atoms. The summed E-state index contributed by atoms with van der Waals surface area (Å²) >= 11 is 0. The molecule has 0 aliphatic rings. The zero-order valence-electron chi connectivity index (χ0n) is 48.9. The molecular formula is C70H76N4O12. The Balaban J connectivity index is 0.000000244. The highest BCUT2D eigenvalue weighted by atomic mass is 16.5. The van der Waals surface area contributed by atoms with Gasteiger partial charge in [0.1, 0.15) is 23.0 Å². The average Bonchev–Trinajstić information content (AvgIpc) is 3.64. The van der Waals surface area contributed by atoms with Crippen molar-refractivity contribution < 1.29 is 58.6 Å². The maximum absolute atomic E-state index is 11.1. The number of hydrogen-bond acceptors (Lipinski definition) is 12. The highest BCUT2D eigenvalue weighted by Crippen LogP contribution is 2.33. The molecule has 8 aromatic rings. The lowest BCUT2D eigenvalue weighted by molar-refractivity contribution is -0.134. The van der Waals surface area contributed by atoms with Crippen molar-refractivity contribution in [3.8, 4) is 23.0 Å². The third-order valence-corrected chi connectivity index (χ3v) is 14.1. The van der Waals surface area contributed by atoms with Gasteiger partial charge >= 0.3 is 11.9 Å². The molecule has 0 fully saturated rings. The SMILES string of the molecule is COc1ccc(C[C@@H](C)N(Cc2ccccc2)C[C@H](OCc2ccccc2)c2ccc(O)c(NC=O)c2)cc1.COc1ccc(C[C@@H](C)N(Cc2ccccc2)C[C@H](OCc2ccccc2)c2ccc(O)c(NC=O)c2)cc1.O=C(O)/C=C/C(=O)O. The Hall–Kier alpha value is -9.58. The molecule has 0 bridgehead atoms. The van der Waals surface area contributed by atoms with Crippen LogP contribution in [-0.4, -0.2) is 94.4 Å². The number of carbonyl (C=O) groups is 4. The molecule has 0 unspecified atom stereocenters. The Morgan fingerprint density at radius 2 is 0.779 bits per heavy atom. The summed E-state index contributed by atoms with van der Waals surface area (Å²) in [4.78, 5) is 46.2. The summed E-state index contributed by atoms with van der Waals surface area (Å²) in [6, 6.07) is 68.3. The van der Waals surface area contributed by atoms with Crippen molar-refractivity contribution in [3.63, 3.8) is 0 Å². The molecule has 448 valence electrons. The lowest BCUT2D eigenvalue weighted by atomic mass is 10.0. The van der Waals surface area contributed by atoms with Gasteiger partial charge in [-0.3, -0.25) is 19.4 Å². The topological polar surface area (TPSA) is 217 Å². The fourth-order valence-electron chi connectivity index (χ4n) is 9.39. The Labute approximate surface area is 503 Å². The number of rotatable bonds is 30. The molecule has 86 heavy (non-hydrogen) atoms. The molecule has 8 rings (SSSR count). The van der Waals surface area contributed by atoms with E-state index in [1.54, 1.807) is 38.5 Å². The van der Waals surface area contributed by atoms with E-state index >= 15 is 0 Å². The van der Waals surface area contributed by atoms with Gasteiger partial charge in [-0.1, -0.05) is 158 Å². The largest absolute Gasteiger partial charge is 0.506 e. The van der Waals surface area contributed by atoms with Crippen LogP contribution in [0.2, 0.25) is 0 Å². The van der Waals surface area contributed by atoms with Crippen LogP contribution in [0.4, 0.5) is 11.4 Å². The first kappa shape index (κ1) is 65.6. The van der Waals surface area contributed by atoms with Gasteiger partial charge in [0.25, 0.3) is 0 Å². The molecule has 4 atom stereocenters. The Morgan fingerprint density at radius 1 is 0.453 bits per heavy atom. The maximum atomic E-state index is 11.1. The Morgan fingerprint density at radius 3 is 1.08 bits per heavy atom. The summed E-state index contributed by atoms with van der Waals surface area (Å²) in [5.41, 5.74) is 9.51. The highest BCUT2D eigenvalue weighted by molar-refractivity contribution is 5.89. The quantitative estimate of drug-likeness (QED) is 0.0140. The van der Waals surface area contributed by atoms with Gasteiger partial charge in [0.05, 0.1) is 51.0 Å². The van der Waals surface area contributed by atoms with E-state index in [0.29, 0.717) is 62.7 Å². The van der Waals surface area contributed by atoms with Gasteiger partial charge in [0.15, 0.2) is 0 Å². The van der Waals surface area contributed by atoms with Crippen LogP contribution in [-0.2, 0) is 67.8 Å². The molecule has 0 saturated heterocycles. The van der Waals surface area contributed by atoms with E-state index in [4.69, 9.17) is 29.2 Å². The van der Waals surface area contributed by atoms with Crippen molar-refractivity contribution in [1.82, 2.24) is 9.80 Å². The third-order valence-electron chi connectivity index (χ3n) is 14.1. The van der Waals surface area contributed by atoms with Crippen molar-refractivity contribution in [1.29, 1.82) is 0 Å². The smallest absolute Gasteiger partial charge is 0.328 e. The predicted octanol–water partition coefficient (Wildman–Crippen LogP) is 12.4. The van der Waals surface area contributed by atoms with Crippen LogP contribution in [0.1, 0.15) is 70.6 Å². The number of phenolic OH excluding ortho intramolecular Hbond substituents is 2. The van der Waals surface area contributed by atoms with E-state index in [2.05, 4.69) is 107 Å². The van der Waals surface area contributed by atoms with Gasteiger partial charge in [-0.2, -0.15) is 0 Å². The number of ether oxygens (including phenoxy) is 4. The monoisotopic (exact) mass is 1160 g/mol. The number of amides is 2. The van der Waals surface area contributed by atoms with Crippen molar-refractivity contribution in [2.75, 3.05) is 37.9 Å². The van der Waals surface area contributed by atoms with Crippen molar-refractivity contribution >= 4 is 36.1 Å². The van der Waals surface area contributed by atoms with Crippen LogP contribution in [0.5, 0.6) is 23.0 Å². The first-order valence-corrected chi connectivity index (χ1v) is 28.1. The summed E-state index contributed by atoms with van der Waals surface area (Å²) in [7, 11) is 3.35. The minimum absolute atomic E-state index is 0.0154. The number of aromatic hydroxyl groups is 2. The summed E-state index contributed by atoms with van der Waals surface area (Å²) in [5, 5.41) is 41.3. The van der Waals surface area contributed by atoms with E-state index < -0.39 is 11.9 Å². The number of carbonyl (C=O) groups excluding carboxylic acids is 2. The molecule has 0 aliphatic heterocycles. The molecule has 0 heterocycles. The van der Waals surface area contributed by atoms with Crippen LogP contribution in [0.15, 0.2) is 218 Å². The number of aliphatic carboxylic acids is 2. The zero-order chi connectivity index (χ0) is 61.5. The Kier molecular flexibility index (Phi) is 27.1. The molecule has 8 aromatic carbocycles. The van der Waals surface area contributed by atoms with Crippen molar-refractivity contribution in [3.05, 3.63) is 263 Å². The number of methoxy groups -OCH3 is 2. The fourth-order valence-corrected chi connectivity index (χ4v) is 9.39. The first-order chi connectivity index (χ1) is 41.7. The van der Waals surface area contributed by atoms with E-state index in [-0.39, 0.29) is 35.8 Å². The van der Waals surface area contributed by atoms with Gasteiger partial charge in [0, 0.05) is 50.4 Å². The number of anilines is 2. The highest BCUT2D eigenvalue weighted by Gasteiger charge is 2.25. The summed E-state index contributed by atoms with van der Waals surface area (Å²) in [6.45, 7) is 8.08. The van der Waals surface area contributed by atoms with Crippen LogP contribution >= 0.6 is 0 Å². The third kappa shape index (κ3) is 22.5. The standard InChI is InChI=1S/2C33H36N2O4.C4H4O4/c2*1-25(19-26-13-16-30(38-2)17-14-26)35(21-27-9-5-3-6-10-27)22-33(39-23-28-11-7-4-8-12-28)29-15-18-32(37)31(20-29)34-24-36;5-3(6)1-2-4(7)8/h2*3-18,20,24-25,33,37H,19,21-23H2,1-2H3,(H,34,36);1-2H,(H,5,6)(H,7,8)/b;;2-1+/t2*25-,33+;/m11./s1. The van der Waals surface area contributed by atoms with Crippen LogP contribution in [0, 0.1) is 0 Å². The zero-order valence-corrected chi connectivity index (χ0v) is 48.9. The van der Waals surface area contributed by atoms with Crippen LogP contribution in [0.3, 0.4) is 0 Å². The van der Waals surface area contributed by atoms with Gasteiger partial charge < -0.3 is 50.0 Å². The Bertz CT molecular complexity index is 3100. The number of carboxylic acid groups (broad SMARTS) is 2. The molecule has 0 aliphatic carbocycles. The number of nitrogens with one attached hydrogen (secondary N) is 2. The lowest BCUT2D eigenvalue weighted by Crippen LogP contribution is -2.38. The molecular weight excluding hydrogens is 1090 g/mol. The molecule has 16 heteroatoms.